The predicted octanol–water partition coefficient (Wildman–Crippen LogP) is 3.70. The van der Waals surface area contributed by atoms with Crippen LogP contribution < -0.4 is 11.1 Å². The van der Waals surface area contributed by atoms with Gasteiger partial charge in [-0.2, -0.15) is 13.2 Å². The molecule has 1 saturated carbocycles. The summed E-state index contributed by atoms with van der Waals surface area (Å²) in [6, 6.07) is 4.73. The fraction of sp³-hybridized carbons (Fsp3) is 0.333. The van der Waals surface area contributed by atoms with E-state index in [1.54, 1.807) is 0 Å². The van der Waals surface area contributed by atoms with Crippen molar-refractivity contribution in [3.8, 4) is 0 Å². The summed E-state index contributed by atoms with van der Waals surface area (Å²) in [6.07, 6.45) is -2.54. The van der Waals surface area contributed by atoms with Gasteiger partial charge in [0.05, 0.1) is 5.56 Å². The zero-order valence-corrected chi connectivity index (χ0v) is 13.2. The molecule has 1 aliphatic carbocycles. The number of hydrogen-bond donors (Lipinski definition) is 2. The molecule has 0 saturated heterocycles. The van der Waals surface area contributed by atoms with E-state index in [9.17, 15) is 18.0 Å². The molecule has 1 aliphatic rings. The van der Waals surface area contributed by atoms with Crippen molar-refractivity contribution in [3.05, 3.63) is 46.8 Å². The van der Waals surface area contributed by atoms with Gasteiger partial charge in [0, 0.05) is 24.2 Å². The summed E-state index contributed by atoms with van der Waals surface area (Å²) in [4.78, 5) is 12.1. The van der Waals surface area contributed by atoms with Gasteiger partial charge in [-0.3, -0.25) is 4.79 Å². The van der Waals surface area contributed by atoms with Crippen LogP contribution >= 0.6 is 12.4 Å². The van der Waals surface area contributed by atoms with Gasteiger partial charge in [-0.05, 0) is 36.6 Å². The molecule has 2 aromatic rings. The standard InChI is InChI=1S/C15H14F3N3O2.ClH/c16-15(17,18)10-3-8(7-19)4-11(5-10)20-14(22)12-6-13(23-21-12)9-1-2-9;/h3-6,9H,1-2,7,19H2,(H,20,22);1H. The molecule has 24 heavy (non-hydrogen) atoms. The Morgan fingerprint density at radius 3 is 2.58 bits per heavy atom. The van der Waals surface area contributed by atoms with Gasteiger partial charge in [-0.15, -0.1) is 12.4 Å². The predicted molar refractivity (Wildman–Crippen MR) is 83.0 cm³/mol. The molecule has 1 amide bonds. The van der Waals surface area contributed by atoms with Crippen LogP contribution in [0.25, 0.3) is 0 Å². The first-order valence-corrected chi connectivity index (χ1v) is 7.06. The van der Waals surface area contributed by atoms with Gasteiger partial charge in [0.25, 0.3) is 5.91 Å². The van der Waals surface area contributed by atoms with Crippen molar-refractivity contribution in [1.82, 2.24) is 5.16 Å². The van der Waals surface area contributed by atoms with Crippen LogP contribution in [0, 0.1) is 0 Å². The van der Waals surface area contributed by atoms with Crippen LogP contribution in [0.5, 0.6) is 0 Å². The quantitative estimate of drug-likeness (QED) is 0.870. The number of amides is 1. The van der Waals surface area contributed by atoms with E-state index in [4.69, 9.17) is 10.3 Å². The van der Waals surface area contributed by atoms with Crippen molar-refractivity contribution in [3.63, 3.8) is 0 Å². The number of nitrogens with one attached hydrogen (secondary N) is 1. The summed E-state index contributed by atoms with van der Waals surface area (Å²) in [5.41, 5.74) is 4.87. The van der Waals surface area contributed by atoms with Gasteiger partial charge in [-0.1, -0.05) is 5.16 Å². The first-order chi connectivity index (χ1) is 10.9. The van der Waals surface area contributed by atoms with Gasteiger partial charge in [0.2, 0.25) is 0 Å². The molecular formula is C15H15ClF3N3O2. The second-order valence-electron chi connectivity index (χ2n) is 5.46. The maximum absolute atomic E-state index is 12.9. The number of benzene rings is 1. The molecule has 1 heterocycles. The Kier molecular flexibility index (Phi) is 5.19. The van der Waals surface area contributed by atoms with E-state index < -0.39 is 17.6 Å². The fourth-order valence-electron chi connectivity index (χ4n) is 2.20. The van der Waals surface area contributed by atoms with Crippen LogP contribution in [0.15, 0.2) is 28.8 Å². The molecular weight excluding hydrogens is 347 g/mol. The number of carbonyl (C=O) groups excluding carboxylic acids is 1. The second kappa shape index (κ2) is 6.82. The maximum Gasteiger partial charge on any atom is 0.416 e. The van der Waals surface area contributed by atoms with Gasteiger partial charge in [0.1, 0.15) is 5.76 Å². The lowest BCUT2D eigenvalue weighted by Crippen LogP contribution is -2.14. The van der Waals surface area contributed by atoms with Crippen LogP contribution in [0.2, 0.25) is 0 Å². The molecule has 0 atom stereocenters. The summed E-state index contributed by atoms with van der Waals surface area (Å²) >= 11 is 0. The smallest absolute Gasteiger partial charge is 0.360 e. The molecule has 9 heteroatoms. The van der Waals surface area contributed by atoms with Crippen LogP contribution in [0.4, 0.5) is 18.9 Å². The molecule has 130 valence electrons. The van der Waals surface area contributed by atoms with E-state index in [2.05, 4.69) is 10.5 Å². The molecule has 0 bridgehead atoms. The average molecular weight is 362 g/mol. The Bertz CT molecular complexity index is 742. The highest BCUT2D eigenvalue weighted by Gasteiger charge is 2.32. The van der Waals surface area contributed by atoms with E-state index in [0.717, 1.165) is 25.0 Å². The van der Waals surface area contributed by atoms with Crippen LogP contribution in [0.3, 0.4) is 0 Å². The topological polar surface area (TPSA) is 81.1 Å². The van der Waals surface area contributed by atoms with Gasteiger partial charge in [-0.25, -0.2) is 0 Å². The highest BCUT2D eigenvalue weighted by atomic mass is 35.5. The Labute approximate surface area is 141 Å². The Hall–Kier alpha value is -2.06. The summed E-state index contributed by atoms with van der Waals surface area (Å²) in [5, 5.41) is 6.05. The first kappa shape index (κ1) is 18.3. The third-order valence-electron chi connectivity index (χ3n) is 3.55. The minimum absolute atomic E-state index is 0. The SMILES string of the molecule is Cl.NCc1cc(NC(=O)c2cc(C3CC3)on2)cc(C(F)(F)F)c1. The van der Waals surface area contributed by atoms with Crippen molar-refractivity contribution in [1.29, 1.82) is 0 Å². The number of anilines is 1. The zero-order chi connectivity index (χ0) is 16.6. The van der Waals surface area contributed by atoms with E-state index in [-0.39, 0.29) is 35.9 Å². The molecule has 1 fully saturated rings. The van der Waals surface area contributed by atoms with Crippen LogP contribution in [0.1, 0.15) is 46.1 Å². The van der Waals surface area contributed by atoms with E-state index in [0.29, 0.717) is 11.7 Å². The Balaban J connectivity index is 0.00000208. The van der Waals surface area contributed by atoms with Crippen LogP contribution in [-0.4, -0.2) is 11.1 Å². The van der Waals surface area contributed by atoms with E-state index in [1.165, 1.54) is 12.1 Å². The van der Waals surface area contributed by atoms with Crippen molar-refractivity contribution in [2.75, 3.05) is 5.32 Å². The molecule has 0 aliphatic heterocycles. The first-order valence-electron chi connectivity index (χ1n) is 7.06. The van der Waals surface area contributed by atoms with E-state index in [1.807, 2.05) is 0 Å². The summed E-state index contributed by atoms with van der Waals surface area (Å²) in [6.45, 7) is -0.0669. The molecule has 0 spiro atoms. The highest BCUT2D eigenvalue weighted by molar-refractivity contribution is 6.02. The zero-order valence-electron chi connectivity index (χ0n) is 12.4. The number of hydrogen-bond acceptors (Lipinski definition) is 4. The number of nitrogens with zero attached hydrogens (tertiary/aromatic N) is 1. The third kappa shape index (κ3) is 4.07. The monoisotopic (exact) mass is 361 g/mol. The molecule has 3 N–H and O–H groups in total. The summed E-state index contributed by atoms with van der Waals surface area (Å²) in [5.74, 6) is 0.297. The number of rotatable bonds is 4. The second-order valence-corrected chi connectivity index (χ2v) is 5.46. The third-order valence-corrected chi connectivity index (χ3v) is 3.55. The van der Waals surface area contributed by atoms with Crippen LogP contribution in [-0.2, 0) is 12.7 Å². The molecule has 5 nitrogen and oxygen atoms in total. The number of alkyl halides is 3. The Morgan fingerprint density at radius 2 is 2.00 bits per heavy atom. The largest absolute Gasteiger partial charge is 0.416 e. The number of nitrogens with two attached hydrogens (primary N) is 1. The number of carbonyl (C=O) groups is 1. The molecule has 1 aromatic heterocycles. The van der Waals surface area contributed by atoms with Crippen molar-refractivity contribution in [2.45, 2.75) is 31.5 Å². The molecule has 3 rings (SSSR count). The van der Waals surface area contributed by atoms with Gasteiger partial charge < -0.3 is 15.6 Å². The lowest BCUT2D eigenvalue weighted by molar-refractivity contribution is -0.137. The lowest BCUT2D eigenvalue weighted by atomic mass is 10.1. The Morgan fingerprint density at radius 1 is 1.29 bits per heavy atom. The molecule has 0 radical (unpaired) electrons. The van der Waals surface area contributed by atoms with Gasteiger partial charge >= 0.3 is 6.18 Å². The average Bonchev–Trinajstić information content (AvgIpc) is 3.23. The van der Waals surface area contributed by atoms with Crippen molar-refractivity contribution in [2.24, 2.45) is 5.73 Å². The van der Waals surface area contributed by atoms with E-state index >= 15 is 0 Å². The maximum atomic E-state index is 12.9. The summed E-state index contributed by atoms with van der Waals surface area (Å²) in [7, 11) is 0. The lowest BCUT2D eigenvalue weighted by Gasteiger charge is -2.11. The minimum Gasteiger partial charge on any atom is -0.360 e. The van der Waals surface area contributed by atoms with Gasteiger partial charge in [0.15, 0.2) is 5.69 Å². The normalized spacial score (nSPS) is 14.2. The molecule has 0 unspecified atom stereocenters. The fourth-order valence-corrected chi connectivity index (χ4v) is 2.20. The minimum atomic E-state index is -4.52. The van der Waals surface area contributed by atoms with Crippen molar-refractivity contribution < 1.29 is 22.5 Å². The number of halogens is 4. The number of aromatic nitrogens is 1. The molecule has 1 aromatic carbocycles. The highest BCUT2D eigenvalue weighted by Crippen LogP contribution is 2.40. The summed E-state index contributed by atoms with van der Waals surface area (Å²) < 4.78 is 43.6. The van der Waals surface area contributed by atoms with Crippen molar-refractivity contribution >= 4 is 24.0 Å².